The van der Waals surface area contributed by atoms with Crippen molar-refractivity contribution >= 4 is 37.4 Å². The summed E-state index contributed by atoms with van der Waals surface area (Å²) in [6.45, 7) is 0.170. The van der Waals surface area contributed by atoms with Gasteiger partial charge in [0.25, 0.3) is 5.91 Å². The molecule has 1 saturated heterocycles. The number of hydrogen-bond donors (Lipinski definition) is 2. The van der Waals surface area contributed by atoms with E-state index < -0.39 is 15.1 Å². The standard InChI is InChI=1S/C12H15BrN2O3S/c13-10-6-8(3-4-11(10)14)12(16)15-7-9-2-1-5-19(9,17)18/h3-4,6,9H,1-2,5,7,14H2,(H,15,16). The lowest BCUT2D eigenvalue weighted by molar-refractivity contribution is 0.0953. The molecule has 0 aliphatic carbocycles. The third kappa shape index (κ3) is 3.27. The predicted molar refractivity (Wildman–Crippen MR) is 77.7 cm³/mol. The van der Waals surface area contributed by atoms with Crippen LogP contribution in [-0.2, 0) is 9.84 Å². The quantitative estimate of drug-likeness (QED) is 0.808. The van der Waals surface area contributed by atoms with Gasteiger partial charge in [0.1, 0.15) is 0 Å². The summed E-state index contributed by atoms with van der Waals surface area (Å²) >= 11 is 3.25. The van der Waals surface area contributed by atoms with Crippen LogP contribution in [0.2, 0.25) is 0 Å². The van der Waals surface area contributed by atoms with Crippen molar-refractivity contribution in [3.63, 3.8) is 0 Å². The topological polar surface area (TPSA) is 89.3 Å². The van der Waals surface area contributed by atoms with Crippen molar-refractivity contribution in [2.45, 2.75) is 18.1 Å². The Morgan fingerprint density at radius 3 is 2.79 bits per heavy atom. The Bertz CT molecular complexity index is 601. The maximum Gasteiger partial charge on any atom is 0.251 e. The summed E-state index contributed by atoms with van der Waals surface area (Å²) in [5.74, 6) is -0.0659. The molecule has 0 aromatic heterocycles. The number of sulfone groups is 1. The van der Waals surface area contributed by atoms with E-state index in [-0.39, 0.29) is 18.2 Å². The molecule has 1 heterocycles. The number of nitrogens with one attached hydrogen (secondary N) is 1. The van der Waals surface area contributed by atoms with Crippen LogP contribution in [-0.4, -0.2) is 31.9 Å². The summed E-state index contributed by atoms with van der Waals surface area (Å²) in [4.78, 5) is 11.9. The van der Waals surface area contributed by atoms with Crippen LogP contribution in [0.1, 0.15) is 23.2 Å². The average Bonchev–Trinajstić information content (AvgIpc) is 2.69. The van der Waals surface area contributed by atoms with Crippen LogP contribution in [0.25, 0.3) is 0 Å². The van der Waals surface area contributed by atoms with E-state index in [4.69, 9.17) is 5.73 Å². The number of carbonyl (C=O) groups is 1. The van der Waals surface area contributed by atoms with Gasteiger partial charge in [-0.3, -0.25) is 4.79 Å². The highest BCUT2D eigenvalue weighted by molar-refractivity contribution is 9.10. The zero-order chi connectivity index (χ0) is 14.0. The number of hydrogen-bond acceptors (Lipinski definition) is 4. The second kappa shape index (κ2) is 5.50. The third-order valence-electron chi connectivity index (χ3n) is 3.22. The Hall–Kier alpha value is -1.08. The summed E-state index contributed by atoms with van der Waals surface area (Å²) in [6, 6.07) is 4.86. The molecule has 104 valence electrons. The van der Waals surface area contributed by atoms with Crippen LogP contribution in [0.15, 0.2) is 22.7 Å². The molecule has 1 aliphatic heterocycles. The predicted octanol–water partition coefficient (Wildman–Crippen LogP) is 1.34. The van der Waals surface area contributed by atoms with E-state index in [0.717, 1.165) is 0 Å². The number of nitrogen functional groups attached to an aromatic ring is 1. The van der Waals surface area contributed by atoms with Crippen molar-refractivity contribution in [3.8, 4) is 0 Å². The Morgan fingerprint density at radius 1 is 1.47 bits per heavy atom. The first-order chi connectivity index (χ1) is 8.90. The molecule has 0 spiro atoms. The van der Waals surface area contributed by atoms with Gasteiger partial charge in [-0.2, -0.15) is 0 Å². The van der Waals surface area contributed by atoms with Crippen LogP contribution in [0, 0.1) is 0 Å². The maximum absolute atomic E-state index is 11.9. The Morgan fingerprint density at radius 2 is 2.21 bits per heavy atom. The fourth-order valence-electron chi connectivity index (χ4n) is 2.06. The van der Waals surface area contributed by atoms with Gasteiger partial charge in [0, 0.05) is 22.3 Å². The fraction of sp³-hybridized carbons (Fsp3) is 0.417. The molecule has 19 heavy (non-hydrogen) atoms. The summed E-state index contributed by atoms with van der Waals surface area (Å²) in [7, 11) is -3.02. The van der Waals surface area contributed by atoms with E-state index in [9.17, 15) is 13.2 Å². The minimum Gasteiger partial charge on any atom is -0.398 e. The molecule has 1 fully saturated rings. The second-order valence-electron chi connectivity index (χ2n) is 4.58. The third-order valence-corrected chi connectivity index (χ3v) is 6.18. The van der Waals surface area contributed by atoms with Gasteiger partial charge in [-0.1, -0.05) is 0 Å². The normalized spacial score (nSPS) is 21.2. The number of amides is 1. The van der Waals surface area contributed by atoms with E-state index in [1.807, 2.05) is 0 Å². The SMILES string of the molecule is Nc1ccc(C(=O)NCC2CCCS2(=O)=O)cc1Br. The molecule has 1 aromatic carbocycles. The molecule has 2 rings (SSSR count). The van der Waals surface area contributed by atoms with Gasteiger partial charge in [0.15, 0.2) is 9.84 Å². The summed E-state index contributed by atoms with van der Waals surface area (Å²) in [5.41, 5.74) is 6.65. The summed E-state index contributed by atoms with van der Waals surface area (Å²) < 4.78 is 23.9. The van der Waals surface area contributed by atoms with Gasteiger partial charge >= 0.3 is 0 Å². The van der Waals surface area contributed by atoms with Crippen LogP contribution < -0.4 is 11.1 Å². The molecular weight excluding hydrogens is 332 g/mol. The molecule has 0 bridgehead atoms. The Balaban J connectivity index is 2.00. The first-order valence-electron chi connectivity index (χ1n) is 5.95. The van der Waals surface area contributed by atoms with E-state index in [1.54, 1.807) is 18.2 Å². The van der Waals surface area contributed by atoms with Crippen molar-refractivity contribution in [2.24, 2.45) is 0 Å². The second-order valence-corrected chi connectivity index (χ2v) is 7.83. The van der Waals surface area contributed by atoms with Gasteiger partial charge in [-0.05, 0) is 47.0 Å². The van der Waals surface area contributed by atoms with Crippen molar-refractivity contribution in [1.82, 2.24) is 5.32 Å². The van der Waals surface area contributed by atoms with Crippen molar-refractivity contribution in [3.05, 3.63) is 28.2 Å². The highest BCUT2D eigenvalue weighted by Gasteiger charge is 2.31. The number of rotatable bonds is 3. The number of benzene rings is 1. The molecular formula is C12H15BrN2O3S. The molecule has 1 atom stereocenters. The molecule has 0 radical (unpaired) electrons. The lowest BCUT2D eigenvalue weighted by atomic mass is 10.2. The van der Waals surface area contributed by atoms with Crippen LogP contribution in [0.5, 0.6) is 0 Å². The van der Waals surface area contributed by atoms with E-state index >= 15 is 0 Å². The van der Waals surface area contributed by atoms with Gasteiger partial charge in [0.2, 0.25) is 0 Å². The molecule has 3 N–H and O–H groups in total. The van der Waals surface area contributed by atoms with Gasteiger partial charge < -0.3 is 11.1 Å². The summed E-state index contributed by atoms with van der Waals surface area (Å²) in [6.07, 6.45) is 1.30. The number of nitrogens with two attached hydrogens (primary N) is 1. The van der Waals surface area contributed by atoms with Crippen LogP contribution >= 0.6 is 15.9 Å². The molecule has 0 saturated carbocycles. The summed E-state index contributed by atoms with van der Waals surface area (Å²) in [5, 5.41) is 2.21. The minimum absolute atomic E-state index is 0.170. The van der Waals surface area contributed by atoms with E-state index in [0.29, 0.717) is 28.6 Å². The first-order valence-corrected chi connectivity index (χ1v) is 8.46. The maximum atomic E-state index is 11.9. The van der Waals surface area contributed by atoms with E-state index in [2.05, 4.69) is 21.2 Å². The van der Waals surface area contributed by atoms with Crippen molar-refractivity contribution < 1.29 is 13.2 Å². The van der Waals surface area contributed by atoms with Gasteiger partial charge in [-0.25, -0.2) is 8.42 Å². The molecule has 7 heteroatoms. The molecule has 5 nitrogen and oxygen atoms in total. The van der Waals surface area contributed by atoms with Crippen LogP contribution in [0.4, 0.5) is 5.69 Å². The Labute approximate surface area is 120 Å². The zero-order valence-corrected chi connectivity index (χ0v) is 12.6. The van der Waals surface area contributed by atoms with Gasteiger partial charge in [-0.15, -0.1) is 0 Å². The highest BCUT2D eigenvalue weighted by Crippen LogP contribution is 2.21. The molecule has 1 aromatic rings. The largest absolute Gasteiger partial charge is 0.398 e. The van der Waals surface area contributed by atoms with Crippen molar-refractivity contribution in [2.75, 3.05) is 18.0 Å². The lowest BCUT2D eigenvalue weighted by Gasteiger charge is -2.11. The van der Waals surface area contributed by atoms with Crippen molar-refractivity contribution in [1.29, 1.82) is 0 Å². The average molecular weight is 347 g/mol. The number of halogens is 1. The van der Waals surface area contributed by atoms with E-state index in [1.165, 1.54) is 0 Å². The molecule has 1 amide bonds. The Kier molecular flexibility index (Phi) is 4.15. The lowest BCUT2D eigenvalue weighted by Crippen LogP contribution is -2.34. The monoisotopic (exact) mass is 346 g/mol. The highest BCUT2D eigenvalue weighted by atomic mass is 79.9. The number of carbonyl (C=O) groups excluding carboxylic acids is 1. The smallest absolute Gasteiger partial charge is 0.251 e. The first kappa shape index (κ1) is 14.3. The zero-order valence-electron chi connectivity index (χ0n) is 10.2. The number of anilines is 1. The fourth-order valence-corrected chi connectivity index (χ4v) is 4.21. The molecule has 1 unspecified atom stereocenters. The minimum atomic E-state index is -3.02. The molecule has 1 aliphatic rings. The van der Waals surface area contributed by atoms with Gasteiger partial charge in [0.05, 0.1) is 11.0 Å². The van der Waals surface area contributed by atoms with Crippen LogP contribution in [0.3, 0.4) is 0 Å².